The number of hydrogen-bond acceptors (Lipinski definition) is 1. The molecule has 1 atom stereocenters. The summed E-state index contributed by atoms with van der Waals surface area (Å²) >= 11 is 0. The predicted molar refractivity (Wildman–Crippen MR) is 105 cm³/mol. The van der Waals surface area contributed by atoms with Gasteiger partial charge in [0, 0.05) is 10.2 Å². The standard InChI is InChI=1S/C22H19OP/c1-2-20(17-10-4-3-5-11-17)23-16-24-21-14-8-6-12-18(21)19-13-7-9-15-22(19)24/h2-15,20H,1,16H2/t20-/m0/s1. The maximum Gasteiger partial charge on any atom is 0.101 e. The van der Waals surface area contributed by atoms with Crippen molar-refractivity contribution in [2.45, 2.75) is 12.5 Å². The van der Waals surface area contributed by atoms with Crippen LogP contribution in [0, 0.1) is 0 Å². The van der Waals surface area contributed by atoms with Crippen LogP contribution in [0.25, 0.3) is 21.0 Å². The Kier molecular flexibility index (Phi) is 4.21. The molecule has 0 aliphatic carbocycles. The van der Waals surface area contributed by atoms with Gasteiger partial charge in [-0.25, -0.2) is 0 Å². The number of hydrogen-bond donors (Lipinski definition) is 0. The number of fused-ring (bicyclic) bond motifs is 3. The molecule has 4 rings (SSSR count). The van der Waals surface area contributed by atoms with Gasteiger partial charge in [0.2, 0.25) is 0 Å². The smallest absolute Gasteiger partial charge is 0.101 e. The van der Waals surface area contributed by atoms with Gasteiger partial charge >= 0.3 is 0 Å². The van der Waals surface area contributed by atoms with E-state index in [-0.39, 0.29) is 6.10 Å². The Hall–Kier alpha value is -2.34. The molecular weight excluding hydrogens is 311 g/mol. The Bertz CT molecular complexity index is 931. The van der Waals surface area contributed by atoms with Crippen LogP contribution in [0.5, 0.6) is 0 Å². The van der Waals surface area contributed by atoms with Gasteiger partial charge in [-0.2, -0.15) is 0 Å². The van der Waals surface area contributed by atoms with Gasteiger partial charge in [-0.15, -0.1) is 6.58 Å². The molecule has 0 unspecified atom stereocenters. The molecule has 118 valence electrons. The summed E-state index contributed by atoms with van der Waals surface area (Å²) in [5.41, 5.74) is 1.16. The largest absolute Gasteiger partial charge is 0.361 e. The summed E-state index contributed by atoms with van der Waals surface area (Å²) in [4.78, 5) is 0. The van der Waals surface area contributed by atoms with E-state index in [4.69, 9.17) is 4.74 Å². The normalized spacial score (nSPS) is 12.5. The lowest BCUT2D eigenvalue weighted by atomic mass is 10.1. The minimum Gasteiger partial charge on any atom is -0.361 e. The van der Waals surface area contributed by atoms with Crippen molar-refractivity contribution < 1.29 is 4.74 Å². The second-order valence-electron chi connectivity index (χ2n) is 5.83. The van der Waals surface area contributed by atoms with Gasteiger partial charge in [0.05, 0.1) is 6.35 Å². The van der Waals surface area contributed by atoms with Crippen LogP contribution in [-0.2, 0) is 11.1 Å². The van der Waals surface area contributed by atoms with E-state index < -0.39 is 7.53 Å². The fourth-order valence-corrected chi connectivity index (χ4v) is 5.59. The van der Waals surface area contributed by atoms with Crippen LogP contribution < -0.4 is 0 Å². The van der Waals surface area contributed by atoms with Gasteiger partial charge in [0.15, 0.2) is 0 Å². The first-order valence-corrected chi connectivity index (χ1v) is 9.66. The zero-order chi connectivity index (χ0) is 16.4. The highest BCUT2D eigenvalue weighted by Crippen LogP contribution is 2.50. The Morgan fingerprint density at radius 2 is 1.33 bits per heavy atom. The molecule has 0 fully saturated rings. The summed E-state index contributed by atoms with van der Waals surface area (Å²) in [5, 5.41) is 5.56. The molecule has 0 radical (unpaired) electrons. The van der Waals surface area contributed by atoms with Crippen molar-refractivity contribution in [1.82, 2.24) is 0 Å². The quantitative estimate of drug-likeness (QED) is 0.362. The Labute approximate surface area is 143 Å². The van der Waals surface area contributed by atoms with Gasteiger partial charge in [-0.05, 0) is 16.3 Å². The third kappa shape index (κ3) is 2.67. The highest BCUT2D eigenvalue weighted by molar-refractivity contribution is 7.60. The van der Waals surface area contributed by atoms with Gasteiger partial charge in [-0.3, -0.25) is 0 Å². The highest BCUT2D eigenvalue weighted by atomic mass is 31.1. The van der Waals surface area contributed by atoms with E-state index in [0.717, 1.165) is 11.9 Å². The lowest BCUT2D eigenvalue weighted by molar-refractivity contribution is 0.0965. The number of ether oxygens (including phenoxy) is 1. The Morgan fingerprint density at radius 1 is 0.792 bits per heavy atom. The summed E-state index contributed by atoms with van der Waals surface area (Å²) in [6, 6.07) is 27.7. The Morgan fingerprint density at radius 3 is 1.92 bits per heavy atom. The zero-order valence-corrected chi connectivity index (χ0v) is 14.3. The molecule has 1 nitrogen and oxygen atoms in total. The van der Waals surface area contributed by atoms with Crippen LogP contribution >= 0.6 is 7.53 Å². The molecule has 0 bridgehead atoms. The second-order valence-corrected chi connectivity index (χ2v) is 7.90. The van der Waals surface area contributed by atoms with Crippen molar-refractivity contribution in [3.05, 3.63) is 97.1 Å². The molecule has 24 heavy (non-hydrogen) atoms. The van der Waals surface area contributed by atoms with Crippen molar-refractivity contribution >= 4 is 28.5 Å². The molecule has 0 saturated heterocycles. The average molecular weight is 330 g/mol. The van der Waals surface area contributed by atoms with Crippen molar-refractivity contribution in [2.24, 2.45) is 0 Å². The van der Waals surface area contributed by atoms with E-state index in [2.05, 4.69) is 67.2 Å². The van der Waals surface area contributed by atoms with Crippen LogP contribution in [-0.4, -0.2) is 0 Å². The molecule has 1 aromatic heterocycles. The summed E-state index contributed by atoms with van der Waals surface area (Å²) in [7, 11) is -0.475. The minimum atomic E-state index is -0.475. The fraction of sp³-hybridized carbons (Fsp3) is 0.0909. The SMILES string of the molecule is C=C[C@H](OCp1c2ccccc2c2ccccc21)c1ccccc1. The molecule has 0 aliphatic heterocycles. The maximum absolute atomic E-state index is 6.29. The van der Waals surface area contributed by atoms with E-state index >= 15 is 0 Å². The van der Waals surface area contributed by atoms with Crippen LogP contribution in [0.15, 0.2) is 91.5 Å². The monoisotopic (exact) mass is 330 g/mol. The number of benzene rings is 3. The van der Waals surface area contributed by atoms with E-state index in [1.54, 1.807) is 0 Å². The van der Waals surface area contributed by atoms with Crippen molar-refractivity contribution in [2.75, 3.05) is 0 Å². The lowest BCUT2D eigenvalue weighted by Crippen LogP contribution is -1.98. The fourth-order valence-electron chi connectivity index (χ4n) is 3.24. The summed E-state index contributed by atoms with van der Waals surface area (Å²) in [6.45, 7) is 3.95. The third-order valence-electron chi connectivity index (χ3n) is 4.41. The van der Waals surface area contributed by atoms with E-state index in [9.17, 15) is 0 Å². The second kappa shape index (κ2) is 6.65. The maximum atomic E-state index is 6.29. The zero-order valence-electron chi connectivity index (χ0n) is 13.4. The molecular formula is C22H19OP. The van der Waals surface area contributed by atoms with Gasteiger partial charge < -0.3 is 4.74 Å². The molecule has 0 spiro atoms. The summed E-state index contributed by atoms with van der Waals surface area (Å²) < 4.78 is 6.29. The highest BCUT2D eigenvalue weighted by Gasteiger charge is 2.13. The molecule has 0 saturated carbocycles. The van der Waals surface area contributed by atoms with E-state index in [1.165, 1.54) is 21.0 Å². The lowest BCUT2D eigenvalue weighted by Gasteiger charge is -2.15. The molecule has 0 N–H and O–H groups in total. The third-order valence-corrected chi connectivity index (χ3v) is 6.76. The Balaban J connectivity index is 1.72. The molecule has 1 heterocycles. The van der Waals surface area contributed by atoms with Crippen molar-refractivity contribution in [3.8, 4) is 0 Å². The molecule has 2 heteroatoms. The first-order valence-electron chi connectivity index (χ1n) is 8.13. The summed E-state index contributed by atoms with van der Waals surface area (Å²) in [5.74, 6) is 0. The van der Waals surface area contributed by atoms with Crippen LogP contribution in [0.4, 0.5) is 0 Å². The van der Waals surface area contributed by atoms with Gasteiger partial charge in [0.25, 0.3) is 0 Å². The molecule has 0 aliphatic rings. The number of rotatable bonds is 5. The van der Waals surface area contributed by atoms with E-state index in [1.807, 2.05) is 24.3 Å². The minimum absolute atomic E-state index is 0.0615. The van der Waals surface area contributed by atoms with Gasteiger partial charge in [-0.1, -0.05) is 92.5 Å². The van der Waals surface area contributed by atoms with E-state index in [0.29, 0.717) is 0 Å². The average Bonchev–Trinajstić information content (AvgIpc) is 2.97. The predicted octanol–water partition coefficient (Wildman–Crippen LogP) is 6.88. The topological polar surface area (TPSA) is 9.23 Å². The van der Waals surface area contributed by atoms with Crippen molar-refractivity contribution in [3.63, 3.8) is 0 Å². The molecule has 0 amide bonds. The summed E-state index contributed by atoms with van der Waals surface area (Å²) in [6.07, 6.45) is 2.54. The molecule has 3 aromatic carbocycles. The van der Waals surface area contributed by atoms with Gasteiger partial charge in [0.1, 0.15) is 6.10 Å². The molecule has 4 aromatic rings. The van der Waals surface area contributed by atoms with Crippen molar-refractivity contribution in [1.29, 1.82) is 0 Å². The van der Waals surface area contributed by atoms with Crippen LogP contribution in [0.3, 0.4) is 0 Å². The van der Waals surface area contributed by atoms with Crippen LogP contribution in [0.2, 0.25) is 0 Å². The van der Waals surface area contributed by atoms with Crippen LogP contribution in [0.1, 0.15) is 11.7 Å². The first-order chi connectivity index (χ1) is 11.9. The first kappa shape index (κ1) is 15.2.